The van der Waals surface area contributed by atoms with E-state index in [1.807, 2.05) is 36.4 Å². The average molecular weight is 255 g/mol. The third kappa shape index (κ3) is 3.06. The molecule has 1 N–H and O–H groups in total. The Labute approximate surface area is 114 Å². The van der Waals surface area contributed by atoms with Gasteiger partial charge in [0.25, 0.3) is 0 Å². The summed E-state index contributed by atoms with van der Waals surface area (Å²) in [7, 11) is 0. The maximum Gasteiger partial charge on any atom is 0.244 e. The van der Waals surface area contributed by atoms with Crippen LogP contribution in [0.25, 0.3) is 6.08 Å². The predicted octanol–water partition coefficient (Wildman–Crippen LogP) is 3.25. The summed E-state index contributed by atoms with van der Waals surface area (Å²) in [6.07, 6.45) is 9.04. The number of hydrogen-bond acceptors (Lipinski definition) is 1. The maximum atomic E-state index is 11.8. The molecule has 1 aromatic carbocycles. The summed E-state index contributed by atoms with van der Waals surface area (Å²) >= 11 is 0. The van der Waals surface area contributed by atoms with E-state index in [2.05, 4.69) is 5.32 Å². The smallest absolute Gasteiger partial charge is 0.244 e. The van der Waals surface area contributed by atoms with Crippen molar-refractivity contribution in [3.05, 3.63) is 42.0 Å². The molecule has 2 aliphatic carbocycles. The Morgan fingerprint density at radius 1 is 1.21 bits per heavy atom. The highest BCUT2D eigenvalue weighted by Crippen LogP contribution is 2.47. The van der Waals surface area contributed by atoms with Crippen LogP contribution in [0.2, 0.25) is 0 Å². The van der Waals surface area contributed by atoms with Gasteiger partial charge in [0.15, 0.2) is 0 Å². The van der Waals surface area contributed by atoms with Crippen molar-refractivity contribution in [2.24, 2.45) is 17.8 Å². The molecule has 0 radical (unpaired) electrons. The zero-order valence-electron chi connectivity index (χ0n) is 11.2. The second kappa shape index (κ2) is 5.60. The first-order valence-electron chi connectivity index (χ1n) is 7.32. The Hall–Kier alpha value is -1.57. The molecule has 1 amide bonds. The van der Waals surface area contributed by atoms with Crippen molar-refractivity contribution < 1.29 is 4.79 Å². The first kappa shape index (κ1) is 12.5. The highest BCUT2D eigenvalue weighted by molar-refractivity contribution is 5.91. The molecule has 19 heavy (non-hydrogen) atoms. The molecule has 2 heteroatoms. The normalized spacial score (nSPS) is 28.9. The van der Waals surface area contributed by atoms with Gasteiger partial charge in [0.1, 0.15) is 0 Å². The van der Waals surface area contributed by atoms with Gasteiger partial charge in [0.2, 0.25) is 5.91 Å². The fourth-order valence-electron chi connectivity index (χ4n) is 3.65. The Balaban J connectivity index is 1.46. The van der Waals surface area contributed by atoms with Crippen LogP contribution in [0.1, 0.15) is 31.2 Å². The highest BCUT2D eigenvalue weighted by atomic mass is 16.1. The van der Waals surface area contributed by atoms with Gasteiger partial charge in [-0.05, 0) is 48.7 Å². The molecule has 0 heterocycles. The van der Waals surface area contributed by atoms with Crippen LogP contribution in [-0.2, 0) is 4.79 Å². The molecule has 3 atom stereocenters. The molecule has 2 aliphatic rings. The molecule has 3 rings (SSSR count). The lowest BCUT2D eigenvalue weighted by molar-refractivity contribution is -0.116. The number of hydrogen-bond donors (Lipinski definition) is 1. The minimum Gasteiger partial charge on any atom is -0.352 e. The lowest BCUT2D eigenvalue weighted by atomic mass is 9.89. The molecule has 2 saturated carbocycles. The Morgan fingerprint density at radius 2 is 2.05 bits per heavy atom. The van der Waals surface area contributed by atoms with Gasteiger partial charge in [-0.25, -0.2) is 0 Å². The van der Waals surface area contributed by atoms with Gasteiger partial charge >= 0.3 is 0 Å². The van der Waals surface area contributed by atoms with Crippen LogP contribution < -0.4 is 5.32 Å². The molecule has 2 fully saturated rings. The van der Waals surface area contributed by atoms with Crippen molar-refractivity contribution in [3.63, 3.8) is 0 Å². The summed E-state index contributed by atoms with van der Waals surface area (Å²) in [5.74, 6) is 2.59. The minimum absolute atomic E-state index is 0.0339. The van der Waals surface area contributed by atoms with Gasteiger partial charge in [0.05, 0.1) is 0 Å². The van der Waals surface area contributed by atoms with E-state index in [1.165, 1.54) is 25.7 Å². The number of amides is 1. The number of fused-ring (bicyclic) bond motifs is 2. The monoisotopic (exact) mass is 255 g/mol. The Kier molecular flexibility index (Phi) is 3.67. The summed E-state index contributed by atoms with van der Waals surface area (Å²) in [6, 6.07) is 9.94. The SMILES string of the molecule is O=C(/C=C/c1ccccc1)NCC1CC2CCC1C2. The lowest BCUT2D eigenvalue weighted by Gasteiger charge is -2.21. The van der Waals surface area contributed by atoms with Crippen molar-refractivity contribution in [2.45, 2.75) is 25.7 Å². The van der Waals surface area contributed by atoms with Crippen LogP contribution in [-0.4, -0.2) is 12.5 Å². The topological polar surface area (TPSA) is 29.1 Å². The first-order valence-corrected chi connectivity index (χ1v) is 7.32. The second-order valence-corrected chi connectivity index (χ2v) is 5.92. The van der Waals surface area contributed by atoms with Gasteiger partial charge in [-0.15, -0.1) is 0 Å². The van der Waals surface area contributed by atoms with Crippen LogP contribution >= 0.6 is 0 Å². The molecule has 0 saturated heterocycles. The summed E-state index contributed by atoms with van der Waals surface area (Å²) in [4.78, 5) is 11.8. The first-order chi connectivity index (χ1) is 9.31. The molecular weight excluding hydrogens is 234 g/mol. The third-order valence-electron chi connectivity index (χ3n) is 4.65. The highest BCUT2D eigenvalue weighted by Gasteiger charge is 2.39. The average Bonchev–Trinajstić information content (AvgIpc) is 3.06. The summed E-state index contributed by atoms with van der Waals surface area (Å²) < 4.78 is 0. The van der Waals surface area contributed by atoms with Gasteiger partial charge in [0, 0.05) is 12.6 Å². The standard InChI is InChI=1S/C17H21NO/c19-17(9-7-13-4-2-1-3-5-13)18-12-16-11-14-6-8-15(16)10-14/h1-5,7,9,14-16H,6,8,10-12H2,(H,18,19)/b9-7+. The number of rotatable bonds is 4. The van der Waals surface area contributed by atoms with Crippen molar-refractivity contribution in [1.82, 2.24) is 5.32 Å². The van der Waals surface area contributed by atoms with Crippen molar-refractivity contribution >= 4 is 12.0 Å². The van der Waals surface area contributed by atoms with E-state index in [9.17, 15) is 4.79 Å². The molecule has 2 bridgehead atoms. The fraction of sp³-hybridized carbons (Fsp3) is 0.471. The van der Waals surface area contributed by atoms with Crippen LogP contribution in [0.5, 0.6) is 0 Å². The summed E-state index contributed by atoms with van der Waals surface area (Å²) in [5.41, 5.74) is 1.07. The number of nitrogens with one attached hydrogen (secondary N) is 1. The van der Waals surface area contributed by atoms with E-state index in [4.69, 9.17) is 0 Å². The van der Waals surface area contributed by atoms with E-state index >= 15 is 0 Å². The van der Waals surface area contributed by atoms with E-state index in [0.717, 1.165) is 29.9 Å². The van der Waals surface area contributed by atoms with Gasteiger partial charge < -0.3 is 5.32 Å². The summed E-state index contributed by atoms with van der Waals surface area (Å²) in [5, 5.41) is 3.05. The van der Waals surface area contributed by atoms with E-state index in [-0.39, 0.29) is 5.91 Å². The van der Waals surface area contributed by atoms with Crippen LogP contribution in [0.3, 0.4) is 0 Å². The molecule has 2 nitrogen and oxygen atoms in total. The molecule has 1 aromatic rings. The minimum atomic E-state index is 0.0339. The summed E-state index contributed by atoms with van der Waals surface area (Å²) in [6.45, 7) is 0.860. The Bertz CT molecular complexity index is 465. The zero-order chi connectivity index (χ0) is 13.1. The van der Waals surface area contributed by atoms with Crippen LogP contribution in [0, 0.1) is 17.8 Å². The fourth-order valence-corrected chi connectivity index (χ4v) is 3.65. The van der Waals surface area contributed by atoms with Crippen molar-refractivity contribution in [3.8, 4) is 0 Å². The van der Waals surface area contributed by atoms with Crippen molar-refractivity contribution in [1.29, 1.82) is 0 Å². The van der Waals surface area contributed by atoms with Gasteiger partial charge in [-0.1, -0.05) is 36.8 Å². The quantitative estimate of drug-likeness (QED) is 0.822. The molecule has 0 spiro atoms. The maximum absolute atomic E-state index is 11.8. The second-order valence-electron chi connectivity index (χ2n) is 5.92. The zero-order valence-corrected chi connectivity index (χ0v) is 11.2. The van der Waals surface area contributed by atoms with Crippen molar-refractivity contribution in [2.75, 3.05) is 6.54 Å². The number of carbonyl (C=O) groups is 1. The van der Waals surface area contributed by atoms with Gasteiger partial charge in [-0.3, -0.25) is 4.79 Å². The van der Waals surface area contributed by atoms with E-state index in [0.29, 0.717) is 0 Å². The third-order valence-corrected chi connectivity index (χ3v) is 4.65. The lowest BCUT2D eigenvalue weighted by Crippen LogP contribution is -2.30. The molecule has 0 aliphatic heterocycles. The van der Waals surface area contributed by atoms with E-state index in [1.54, 1.807) is 6.08 Å². The number of benzene rings is 1. The molecule has 0 aromatic heterocycles. The van der Waals surface area contributed by atoms with E-state index < -0.39 is 0 Å². The van der Waals surface area contributed by atoms with Crippen LogP contribution in [0.15, 0.2) is 36.4 Å². The largest absolute Gasteiger partial charge is 0.352 e. The van der Waals surface area contributed by atoms with Gasteiger partial charge in [-0.2, -0.15) is 0 Å². The Morgan fingerprint density at radius 3 is 2.74 bits per heavy atom. The molecular formula is C17H21NO. The molecule has 100 valence electrons. The number of carbonyl (C=O) groups excluding carboxylic acids is 1. The molecule has 3 unspecified atom stereocenters. The van der Waals surface area contributed by atoms with Crippen LogP contribution in [0.4, 0.5) is 0 Å². The predicted molar refractivity (Wildman–Crippen MR) is 77.4 cm³/mol.